The number of benzene rings is 2. The molecule has 174 valence electrons. The van der Waals surface area contributed by atoms with Crippen LogP contribution in [0, 0.1) is 5.82 Å². The Labute approximate surface area is 195 Å². The zero-order valence-corrected chi connectivity index (χ0v) is 18.6. The van der Waals surface area contributed by atoms with Crippen molar-refractivity contribution in [2.45, 2.75) is 13.0 Å². The Bertz CT molecular complexity index is 1370. The minimum absolute atomic E-state index is 0.125. The number of nitrogens with two attached hydrogens (primary N) is 1. The van der Waals surface area contributed by atoms with E-state index in [1.807, 2.05) is 12.1 Å². The van der Waals surface area contributed by atoms with E-state index in [1.54, 1.807) is 24.3 Å². The molecule has 2 aromatic heterocycles. The number of rotatable bonds is 5. The quantitative estimate of drug-likeness (QED) is 0.466. The van der Waals surface area contributed by atoms with E-state index in [9.17, 15) is 9.18 Å². The number of aromatic nitrogens is 4. The van der Waals surface area contributed by atoms with Crippen molar-refractivity contribution >= 4 is 22.7 Å². The molecule has 2 aromatic carbocycles. The lowest BCUT2D eigenvalue weighted by Crippen LogP contribution is -2.47. The molecule has 0 aliphatic carbocycles. The summed E-state index contributed by atoms with van der Waals surface area (Å²) in [5, 5.41) is 0. The summed E-state index contributed by atoms with van der Waals surface area (Å²) in [7, 11) is 0. The lowest BCUT2D eigenvalue weighted by molar-refractivity contribution is 0.198. The molecule has 0 saturated carbocycles. The molecule has 34 heavy (non-hydrogen) atoms. The molecule has 4 aromatic rings. The van der Waals surface area contributed by atoms with Crippen LogP contribution in [0.4, 0.5) is 16.0 Å². The molecule has 3 heterocycles. The Morgan fingerprint density at radius 3 is 2.62 bits per heavy atom. The summed E-state index contributed by atoms with van der Waals surface area (Å²) < 4.78 is 19.2. The fourth-order valence-corrected chi connectivity index (χ4v) is 4.14. The van der Waals surface area contributed by atoms with Crippen LogP contribution in [0.3, 0.4) is 0 Å². The van der Waals surface area contributed by atoms with Gasteiger partial charge in [-0.1, -0.05) is 18.2 Å². The van der Waals surface area contributed by atoms with Crippen LogP contribution < -0.4 is 20.9 Å². The van der Waals surface area contributed by atoms with Gasteiger partial charge < -0.3 is 20.4 Å². The number of nitrogens with zero attached hydrogens (tertiary/aromatic N) is 5. The molecular weight excluding hydrogens is 437 g/mol. The Balaban J connectivity index is 1.29. The summed E-state index contributed by atoms with van der Waals surface area (Å²) in [4.78, 5) is 31.8. The van der Waals surface area contributed by atoms with Crippen LogP contribution in [-0.4, -0.2) is 51.0 Å². The average molecular weight is 462 g/mol. The van der Waals surface area contributed by atoms with Crippen molar-refractivity contribution in [3.05, 3.63) is 76.6 Å². The lowest BCUT2D eigenvalue weighted by atomic mass is 10.1. The van der Waals surface area contributed by atoms with Crippen LogP contribution >= 0.6 is 0 Å². The van der Waals surface area contributed by atoms with Gasteiger partial charge in [0.25, 0.3) is 5.56 Å². The zero-order chi connectivity index (χ0) is 23.7. The van der Waals surface area contributed by atoms with Gasteiger partial charge >= 0.3 is 0 Å². The second-order valence-corrected chi connectivity index (χ2v) is 8.17. The van der Waals surface area contributed by atoms with E-state index >= 15 is 0 Å². The van der Waals surface area contributed by atoms with Crippen molar-refractivity contribution in [2.24, 2.45) is 0 Å². The largest absolute Gasteiger partial charge is 0.436 e. The minimum atomic E-state index is -0.443. The topological polar surface area (TPSA) is 113 Å². The third-order valence-electron chi connectivity index (χ3n) is 6.09. The van der Waals surface area contributed by atoms with Gasteiger partial charge in [0.05, 0.1) is 5.52 Å². The third kappa shape index (κ3) is 4.40. The van der Waals surface area contributed by atoms with E-state index in [2.05, 4.69) is 36.7 Å². The maximum atomic E-state index is 13.2. The van der Waals surface area contributed by atoms with Gasteiger partial charge in [0.1, 0.15) is 23.5 Å². The van der Waals surface area contributed by atoms with Crippen molar-refractivity contribution in [1.29, 1.82) is 0 Å². The van der Waals surface area contributed by atoms with Gasteiger partial charge in [0.15, 0.2) is 11.6 Å². The van der Waals surface area contributed by atoms with Gasteiger partial charge in [-0.05, 0) is 36.8 Å². The van der Waals surface area contributed by atoms with E-state index in [0.717, 1.165) is 37.6 Å². The number of piperazine rings is 1. The predicted octanol–water partition coefficient (Wildman–Crippen LogP) is 3.11. The number of ether oxygens (including phenoxy) is 1. The van der Waals surface area contributed by atoms with Crippen molar-refractivity contribution in [3.8, 4) is 11.6 Å². The van der Waals surface area contributed by atoms with Crippen molar-refractivity contribution < 1.29 is 9.13 Å². The van der Waals surface area contributed by atoms with Crippen molar-refractivity contribution in [1.82, 2.24) is 24.8 Å². The molecule has 1 aliphatic rings. The first-order chi connectivity index (χ1) is 16.5. The first-order valence-corrected chi connectivity index (χ1v) is 11.0. The summed E-state index contributed by atoms with van der Waals surface area (Å²) in [6.07, 6.45) is 1.47. The molecule has 3 N–H and O–H groups in total. The number of halogens is 1. The number of para-hydroxylation sites is 1. The van der Waals surface area contributed by atoms with Crippen molar-refractivity contribution in [3.63, 3.8) is 0 Å². The molecule has 1 saturated heterocycles. The Hall–Kier alpha value is -4.05. The second kappa shape index (κ2) is 9.06. The molecule has 1 aliphatic heterocycles. The van der Waals surface area contributed by atoms with Crippen LogP contribution in [0.25, 0.3) is 11.0 Å². The van der Waals surface area contributed by atoms with Gasteiger partial charge in [-0.2, -0.15) is 0 Å². The number of hydrogen-bond donors (Lipinski definition) is 2. The highest BCUT2D eigenvalue weighted by atomic mass is 19.1. The van der Waals surface area contributed by atoms with Crippen LogP contribution in [0.1, 0.15) is 18.5 Å². The van der Waals surface area contributed by atoms with Crippen molar-refractivity contribution in [2.75, 3.05) is 36.8 Å². The van der Waals surface area contributed by atoms with E-state index in [1.165, 1.54) is 18.5 Å². The highest BCUT2D eigenvalue weighted by Crippen LogP contribution is 2.29. The molecule has 0 unspecified atom stereocenters. The molecule has 1 atom stereocenters. The third-order valence-corrected chi connectivity index (χ3v) is 6.09. The number of nitrogens with one attached hydrogen (secondary N) is 1. The smallest absolute Gasteiger partial charge is 0.290 e. The van der Waals surface area contributed by atoms with Gasteiger partial charge in [0, 0.05) is 38.3 Å². The molecule has 5 rings (SSSR count). The van der Waals surface area contributed by atoms with Gasteiger partial charge in [-0.25, -0.2) is 19.3 Å². The first kappa shape index (κ1) is 21.8. The predicted molar refractivity (Wildman–Crippen MR) is 127 cm³/mol. The van der Waals surface area contributed by atoms with Crippen LogP contribution in [0.5, 0.6) is 11.6 Å². The molecule has 10 heteroatoms. The maximum absolute atomic E-state index is 13.2. The van der Waals surface area contributed by atoms with E-state index < -0.39 is 5.56 Å². The second-order valence-electron chi connectivity index (χ2n) is 8.17. The standard InChI is InChI=1S/C24H24FN7O2/c1-15(16-5-7-17(25)8-6-16)31-9-11-32(12-10-31)20-13-21(28-14-27-20)34-19-4-2-3-18-22(19)30-23(26)24(33)29-18/h2-8,13-15H,9-12H2,1H3,(H2,26,30)(H,29,33)/t15-/m1/s1. The number of H-pyrrole nitrogens is 1. The van der Waals surface area contributed by atoms with E-state index in [0.29, 0.717) is 22.7 Å². The minimum Gasteiger partial charge on any atom is -0.436 e. The van der Waals surface area contributed by atoms with Crippen LogP contribution in [-0.2, 0) is 0 Å². The van der Waals surface area contributed by atoms with Crippen LogP contribution in [0.2, 0.25) is 0 Å². The molecule has 9 nitrogen and oxygen atoms in total. The van der Waals surface area contributed by atoms with Gasteiger partial charge in [-0.15, -0.1) is 0 Å². The molecule has 0 spiro atoms. The lowest BCUT2D eigenvalue weighted by Gasteiger charge is -2.38. The molecular formula is C24H24FN7O2. The molecule has 0 amide bonds. The average Bonchev–Trinajstić information content (AvgIpc) is 2.86. The number of anilines is 2. The highest BCUT2D eigenvalue weighted by Gasteiger charge is 2.23. The van der Waals surface area contributed by atoms with Gasteiger partial charge in [-0.3, -0.25) is 9.69 Å². The molecule has 0 radical (unpaired) electrons. The Morgan fingerprint density at radius 2 is 1.85 bits per heavy atom. The number of aromatic amines is 1. The number of fused-ring (bicyclic) bond motifs is 1. The fraction of sp³-hybridized carbons (Fsp3) is 0.250. The summed E-state index contributed by atoms with van der Waals surface area (Å²) in [6.45, 7) is 5.40. The number of hydrogen-bond acceptors (Lipinski definition) is 8. The summed E-state index contributed by atoms with van der Waals surface area (Å²) in [5.41, 5.74) is 7.31. The Kier molecular flexibility index (Phi) is 5.81. The highest BCUT2D eigenvalue weighted by molar-refractivity contribution is 5.82. The summed E-state index contributed by atoms with van der Waals surface area (Å²) in [6, 6.07) is 13.9. The molecule has 1 fully saturated rings. The van der Waals surface area contributed by atoms with Crippen LogP contribution in [0.15, 0.2) is 59.7 Å². The molecule has 0 bridgehead atoms. The number of nitrogen functional groups attached to an aromatic ring is 1. The Morgan fingerprint density at radius 1 is 1.09 bits per heavy atom. The zero-order valence-electron chi connectivity index (χ0n) is 18.6. The first-order valence-electron chi connectivity index (χ1n) is 11.0. The summed E-state index contributed by atoms with van der Waals surface area (Å²) >= 11 is 0. The SMILES string of the molecule is C[C@H](c1ccc(F)cc1)N1CCN(c2cc(Oc3cccc4[nH]c(=O)c(N)nc34)ncn2)CC1. The van der Waals surface area contributed by atoms with E-state index in [4.69, 9.17) is 10.5 Å². The monoisotopic (exact) mass is 461 g/mol. The van der Waals surface area contributed by atoms with E-state index in [-0.39, 0.29) is 17.7 Å². The fourth-order valence-electron chi connectivity index (χ4n) is 4.14. The summed E-state index contributed by atoms with van der Waals surface area (Å²) in [5.74, 6) is 1.22. The maximum Gasteiger partial charge on any atom is 0.290 e. The normalized spacial score (nSPS) is 15.4. The van der Waals surface area contributed by atoms with Gasteiger partial charge in [0.2, 0.25) is 5.88 Å².